The minimum atomic E-state index is -0.482. The second-order valence-corrected chi connectivity index (χ2v) is 6.50. The average molecular weight is 294 g/mol. The van der Waals surface area contributed by atoms with Crippen LogP contribution in [0.5, 0.6) is 0 Å². The van der Waals surface area contributed by atoms with Gasteiger partial charge in [-0.15, -0.1) is 0 Å². The number of halogens is 1. The molecule has 0 bridgehead atoms. The zero-order chi connectivity index (χ0) is 15.5. The average Bonchev–Trinajstić information content (AvgIpc) is 2.73. The summed E-state index contributed by atoms with van der Waals surface area (Å²) in [6.07, 6.45) is 0.509. The molecule has 1 heterocycles. The molecule has 1 aliphatic heterocycles. The fraction of sp³-hybridized carbons (Fsp3) is 0.562. The van der Waals surface area contributed by atoms with Crippen LogP contribution in [-0.2, 0) is 11.3 Å². The van der Waals surface area contributed by atoms with E-state index in [4.69, 9.17) is 4.74 Å². The lowest BCUT2D eigenvalue weighted by molar-refractivity contribution is 0.0506. The van der Waals surface area contributed by atoms with Crippen molar-refractivity contribution < 1.29 is 13.9 Å². The highest BCUT2D eigenvalue weighted by atomic mass is 19.1. The maximum absolute atomic E-state index is 13.2. The third-order valence-electron chi connectivity index (χ3n) is 3.29. The maximum Gasteiger partial charge on any atom is 0.407 e. The van der Waals surface area contributed by atoms with Crippen molar-refractivity contribution in [1.29, 1.82) is 0 Å². The van der Waals surface area contributed by atoms with Crippen LogP contribution >= 0.6 is 0 Å². The quantitative estimate of drug-likeness (QED) is 0.932. The minimum absolute atomic E-state index is 0.0911. The summed E-state index contributed by atoms with van der Waals surface area (Å²) in [5.74, 6) is -0.213. The van der Waals surface area contributed by atoms with Crippen LogP contribution in [0, 0.1) is 5.82 Å². The Balaban J connectivity index is 1.80. The standard InChI is InChI=1S/C16H23FN2O2/c1-16(2,3)21-15(20)18-14-7-8-19(11-14)10-12-5-4-6-13(17)9-12/h4-6,9,14H,7-8,10-11H2,1-3H3,(H,18,20)/t14-/m0/s1. The van der Waals surface area contributed by atoms with Gasteiger partial charge in [0.25, 0.3) is 0 Å². The number of nitrogens with zero attached hydrogens (tertiary/aromatic N) is 1. The van der Waals surface area contributed by atoms with Gasteiger partial charge < -0.3 is 10.1 Å². The fourth-order valence-corrected chi connectivity index (χ4v) is 2.46. The van der Waals surface area contributed by atoms with Gasteiger partial charge >= 0.3 is 6.09 Å². The fourth-order valence-electron chi connectivity index (χ4n) is 2.46. The Hall–Kier alpha value is -1.62. The number of likely N-dealkylation sites (tertiary alicyclic amines) is 1. The number of hydrogen-bond acceptors (Lipinski definition) is 3. The molecule has 0 aliphatic carbocycles. The maximum atomic E-state index is 13.2. The highest BCUT2D eigenvalue weighted by Crippen LogP contribution is 2.15. The Morgan fingerprint density at radius 3 is 2.90 bits per heavy atom. The van der Waals surface area contributed by atoms with Gasteiger partial charge in [0, 0.05) is 25.7 Å². The van der Waals surface area contributed by atoms with E-state index in [1.165, 1.54) is 6.07 Å². The molecule has 116 valence electrons. The first kappa shape index (κ1) is 15.8. The first-order valence-electron chi connectivity index (χ1n) is 7.28. The van der Waals surface area contributed by atoms with Crippen molar-refractivity contribution in [2.45, 2.75) is 45.4 Å². The second-order valence-electron chi connectivity index (χ2n) is 6.50. The topological polar surface area (TPSA) is 41.6 Å². The Kier molecular flexibility index (Phi) is 4.83. The minimum Gasteiger partial charge on any atom is -0.444 e. The van der Waals surface area contributed by atoms with E-state index in [1.807, 2.05) is 26.8 Å². The van der Waals surface area contributed by atoms with E-state index in [1.54, 1.807) is 12.1 Å². The number of hydrogen-bond donors (Lipinski definition) is 1. The van der Waals surface area contributed by atoms with Gasteiger partial charge in [0.1, 0.15) is 11.4 Å². The summed E-state index contributed by atoms with van der Waals surface area (Å²) >= 11 is 0. The van der Waals surface area contributed by atoms with E-state index in [0.717, 1.165) is 25.1 Å². The summed E-state index contributed by atoms with van der Waals surface area (Å²) < 4.78 is 18.4. The molecule has 1 atom stereocenters. The van der Waals surface area contributed by atoms with Gasteiger partial charge in [0.2, 0.25) is 0 Å². The molecule has 4 nitrogen and oxygen atoms in total. The van der Waals surface area contributed by atoms with Gasteiger partial charge in [-0.05, 0) is 44.9 Å². The number of ether oxygens (including phenoxy) is 1. The SMILES string of the molecule is CC(C)(C)OC(=O)N[C@H]1CCN(Cc2cccc(F)c2)C1. The third kappa shape index (κ3) is 5.34. The molecule has 1 N–H and O–H groups in total. The van der Waals surface area contributed by atoms with Crippen LogP contribution in [0.25, 0.3) is 0 Å². The zero-order valence-electron chi connectivity index (χ0n) is 12.9. The summed E-state index contributed by atoms with van der Waals surface area (Å²) in [5.41, 5.74) is 0.470. The molecule has 0 unspecified atom stereocenters. The first-order valence-corrected chi connectivity index (χ1v) is 7.28. The van der Waals surface area contributed by atoms with Crippen molar-refractivity contribution in [1.82, 2.24) is 10.2 Å². The van der Waals surface area contributed by atoms with Crippen molar-refractivity contribution >= 4 is 6.09 Å². The number of amides is 1. The second kappa shape index (κ2) is 6.43. The Morgan fingerprint density at radius 1 is 1.48 bits per heavy atom. The van der Waals surface area contributed by atoms with Gasteiger partial charge in [0.15, 0.2) is 0 Å². The largest absolute Gasteiger partial charge is 0.444 e. The Morgan fingerprint density at radius 2 is 2.24 bits per heavy atom. The summed E-state index contributed by atoms with van der Waals surface area (Å²) in [4.78, 5) is 13.9. The Labute approximate surface area is 125 Å². The lowest BCUT2D eigenvalue weighted by Crippen LogP contribution is -2.40. The zero-order valence-corrected chi connectivity index (χ0v) is 12.9. The number of carbonyl (C=O) groups excluding carboxylic acids is 1. The molecule has 0 radical (unpaired) electrons. The third-order valence-corrected chi connectivity index (χ3v) is 3.29. The molecule has 1 saturated heterocycles. The molecular weight excluding hydrogens is 271 g/mol. The van der Waals surface area contributed by atoms with Gasteiger partial charge in [-0.3, -0.25) is 4.90 Å². The van der Waals surface area contributed by atoms with Crippen LogP contribution in [0.2, 0.25) is 0 Å². The summed E-state index contributed by atoms with van der Waals surface area (Å²) in [6, 6.07) is 6.72. The molecule has 5 heteroatoms. The number of carbonyl (C=O) groups is 1. The van der Waals surface area contributed by atoms with E-state index in [9.17, 15) is 9.18 Å². The molecule has 0 aromatic heterocycles. The van der Waals surface area contributed by atoms with Crippen LogP contribution in [0.15, 0.2) is 24.3 Å². The normalized spacial score (nSPS) is 19.5. The van der Waals surface area contributed by atoms with E-state index in [-0.39, 0.29) is 18.0 Å². The predicted molar refractivity (Wildman–Crippen MR) is 79.5 cm³/mol. The summed E-state index contributed by atoms with van der Waals surface area (Å²) in [7, 11) is 0. The molecule has 0 saturated carbocycles. The monoisotopic (exact) mass is 294 g/mol. The molecule has 21 heavy (non-hydrogen) atoms. The molecule has 1 aliphatic rings. The van der Waals surface area contributed by atoms with Crippen LogP contribution in [0.3, 0.4) is 0 Å². The summed E-state index contributed by atoms with van der Waals surface area (Å²) in [6.45, 7) is 7.88. The number of rotatable bonds is 3. The van der Waals surface area contributed by atoms with Crippen molar-refractivity contribution in [3.8, 4) is 0 Å². The molecular formula is C16H23FN2O2. The lowest BCUT2D eigenvalue weighted by atomic mass is 10.2. The van der Waals surface area contributed by atoms with Crippen molar-refractivity contribution in [3.63, 3.8) is 0 Å². The highest BCUT2D eigenvalue weighted by molar-refractivity contribution is 5.68. The van der Waals surface area contributed by atoms with E-state index in [0.29, 0.717) is 6.54 Å². The molecule has 1 aromatic carbocycles. The van der Waals surface area contributed by atoms with Crippen LogP contribution < -0.4 is 5.32 Å². The van der Waals surface area contributed by atoms with Crippen LogP contribution in [0.1, 0.15) is 32.8 Å². The summed E-state index contributed by atoms with van der Waals surface area (Å²) in [5, 5.41) is 2.89. The van der Waals surface area contributed by atoms with Crippen molar-refractivity contribution in [2.24, 2.45) is 0 Å². The molecule has 0 spiro atoms. The van der Waals surface area contributed by atoms with Crippen molar-refractivity contribution in [3.05, 3.63) is 35.6 Å². The predicted octanol–water partition coefficient (Wildman–Crippen LogP) is 2.92. The number of alkyl carbamates (subject to hydrolysis) is 1. The van der Waals surface area contributed by atoms with Crippen LogP contribution in [0.4, 0.5) is 9.18 Å². The van der Waals surface area contributed by atoms with Crippen molar-refractivity contribution in [2.75, 3.05) is 13.1 Å². The van der Waals surface area contributed by atoms with Gasteiger partial charge in [0.05, 0.1) is 0 Å². The van der Waals surface area contributed by atoms with E-state index in [2.05, 4.69) is 10.2 Å². The smallest absolute Gasteiger partial charge is 0.407 e. The number of nitrogens with one attached hydrogen (secondary N) is 1. The first-order chi connectivity index (χ1) is 9.82. The van der Waals surface area contributed by atoms with Crippen LogP contribution in [-0.4, -0.2) is 35.7 Å². The van der Waals surface area contributed by atoms with Gasteiger partial charge in [-0.2, -0.15) is 0 Å². The van der Waals surface area contributed by atoms with Gasteiger partial charge in [-0.25, -0.2) is 9.18 Å². The van der Waals surface area contributed by atoms with Gasteiger partial charge in [-0.1, -0.05) is 12.1 Å². The van der Waals surface area contributed by atoms with E-state index >= 15 is 0 Å². The lowest BCUT2D eigenvalue weighted by Gasteiger charge is -2.22. The molecule has 1 amide bonds. The highest BCUT2D eigenvalue weighted by Gasteiger charge is 2.26. The number of benzene rings is 1. The Bertz CT molecular complexity index is 499. The molecule has 1 fully saturated rings. The molecule has 1 aromatic rings. The molecule has 2 rings (SSSR count). The van der Waals surface area contributed by atoms with E-state index < -0.39 is 5.60 Å².